The second-order valence-electron chi connectivity index (χ2n) is 6.13. The van der Waals surface area contributed by atoms with Gasteiger partial charge in [-0.1, -0.05) is 11.6 Å². The molecule has 30 heavy (non-hydrogen) atoms. The van der Waals surface area contributed by atoms with E-state index in [4.69, 9.17) is 16.3 Å². The van der Waals surface area contributed by atoms with E-state index in [0.29, 0.717) is 6.54 Å². The van der Waals surface area contributed by atoms with Crippen LogP contribution in [0.25, 0.3) is 0 Å². The number of nitro groups is 1. The molecule has 1 N–H and O–H groups in total. The van der Waals surface area contributed by atoms with Crippen LogP contribution in [0.5, 0.6) is 0 Å². The molecule has 0 aliphatic rings. The Kier molecular flexibility index (Phi) is 8.11. The van der Waals surface area contributed by atoms with E-state index in [1.54, 1.807) is 13.8 Å². The third-order valence-electron chi connectivity index (χ3n) is 4.11. The van der Waals surface area contributed by atoms with Gasteiger partial charge in [-0.15, -0.1) is 0 Å². The van der Waals surface area contributed by atoms with E-state index in [0.717, 1.165) is 12.1 Å². The highest BCUT2D eigenvalue weighted by molar-refractivity contribution is 6.31. The molecule has 8 nitrogen and oxygen atoms in total. The van der Waals surface area contributed by atoms with Crippen LogP contribution in [0.15, 0.2) is 36.4 Å². The molecule has 0 radical (unpaired) electrons. The quantitative estimate of drug-likeness (QED) is 0.354. The summed E-state index contributed by atoms with van der Waals surface area (Å²) in [5.41, 5.74) is 0.300. The molecule has 2 aromatic carbocycles. The second-order valence-corrected chi connectivity index (χ2v) is 6.54. The molecule has 0 aliphatic carbocycles. The van der Waals surface area contributed by atoms with Gasteiger partial charge in [-0.05, 0) is 44.2 Å². The van der Waals surface area contributed by atoms with Crippen LogP contribution in [0.4, 0.5) is 21.5 Å². The summed E-state index contributed by atoms with van der Waals surface area (Å²) < 4.78 is 18.5. The van der Waals surface area contributed by atoms with E-state index < -0.39 is 22.6 Å². The number of carbonyl (C=O) groups is 2. The Morgan fingerprint density at radius 1 is 1.23 bits per heavy atom. The number of carbonyl (C=O) groups excluding carboxylic acids is 2. The van der Waals surface area contributed by atoms with Crippen molar-refractivity contribution in [3.05, 3.63) is 62.9 Å². The van der Waals surface area contributed by atoms with Crippen molar-refractivity contribution in [2.75, 3.05) is 29.9 Å². The van der Waals surface area contributed by atoms with E-state index >= 15 is 0 Å². The van der Waals surface area contributed by atoms with Crippen LogP contribution in [0, 0.1) is 15.9 Å². The minimum atomic E-state index is -0.663. The van der Waals surface area contributed by atoms with Gasteiger partial charge < -0.3 is 15.0 Å². The number of ether oxygens (including phenoxy) is 1. The molecule has 0 saturated carbocycles. The average Bonchev–Trinajstić information content (AvgIpc) is 2.71. The van der Waals surface area contributed by atoms with Gasteiger partial charge in [0.25, 0.3) is 11.6 Å². The first-order chi connectivity index (χ1) is 14.3. The van der Waals surface area contributed by atoms with Crippen molar-refractivity contribution in [2.24, 2.45) is 0 Å². The first-order valence-electron chi connectivity index (χ1n) is 9.23. The van der Waals surface area contributed by atoms with Crippen LogP contribution in [0.3, 0.4) is 0 Å². The molecule has 0 saturated heterocycles. The number of nitrogens with one attached hydrogen (secondary N) is 1. The van der Waals surface area contributed by atoms with Crippen LogP contribution in [0.1, 0.15) is 30.6 Å². The van der Waals surface area contributed by atoms with Crippen LogP contribution in [0.2, 0.25) is 5.02 Å². The predicted molar refractivity (Wildman–Crippen MR) is 112 cm³/mol. The van der Waals surface area contributed by atoms with Crippen LogP contribution < -0.4 is 10.2 Å². The van der Waals surface area contributed by atoms with Crippen molar-refractivity contribution >= 4 is 40.5 Å². The zero-order valence-corrected chi connectivity index (χ0v) is 17.2. The largest absolute Gasteiger partial charge is 0.466 e. The summed E-state index contributed by atoms with van der Waals surface area (Å²) in [6.45, 7) is 4.02. The number of anilines is 2. The Bertz CT molecular complexity index is 954. The van der Waals surface area contributed by atoms with Gasteiger partial charge in [0.2, 0.25) is 0 Å². The van der Waals surface area contributed by atoms with Gasteiger partial charge in [0, 0.05) is 30.4 Å². The molecule has 0 bridgehead atoms. The first-order valence-corrected chi connectivity index (χ1v) is 9.61. The molecule has 0 unspecified atom stereocenters. The van der Waals surface area contributed by atoms with Gasteiger partial charge in [0.1, 0.15) is 11.5 Å². The van der Waals surface area contributed by atoms with Gasteiger partial charge in [-0.25, -0.2) is 4.39 Å². The van der Waals surface area contributed by atoms with Gasteiger partial charge in [-0.2, -0.15) is 0 Å². The van der Waals surface area contributed by atoms with Crippen molar-refractivity contribution in [1.29, 1.82) is 0 Å². The van der Waals surface area contributed by atoms with Crippen molar-refractivity contribution in [1.82, 2.24) is 0 Å². The van der Waals surface area contributed by atoms with Gasteiger partial charge in [0.05, 0.1) is 23.0 Å². The van der Waals surface area contributed by atoms with E-state index in [9.17, 15) is 24.1 Å². The van der Waals surface area contributed by atoms with Crippen molar-refractivity contribution in [2.45, 2.75) is 20.3 Å². The highest BCUT2D eigenvalue weighted by Crippen LogP contribution is 2.28. The minimum Gasteiger partial charge on any atom is -0.466 e. The predicted octanol–water partition coefficient (Wildman–Crippen LogP) is 4.42. The van der Waals surface area contributed by atoms with Crippen LogP contribution in [-0.2, 0) is 9.53 Å². The number of esters is 1. The Balaban J connectivity index is 2.42. The summed E-state index contributed by atoms with van der Waals surface area (Å²) in [6, 6.07) is 7.72. The summed E-state index contributed by atoms with van der Waals surface area (Å²) in [4.78, 5) is 36.9. The number of hydrogen-bond donors (Lipinski definition) is 1. The maximum Gasteiger partial charge on any atom is 0.307 e. The summed E-state index contributed by atoms with van der Waals surface area (Å²) >= 11 is 5.84. The average molecular weight is 438 g/mol. The third-order valence-corrected chi connectivity index (χ3v) is 4.40. The Hall–Kier alpha value is -3.20. The summed E-state index contributed by atoms with van der Waals surface area (Å²) in [5.74, 6) is -1.78. The highest BCUT2D eigenvalue weighted by atomic mass is 35.5. The van der Waals surface area contributed by atoms with Crippen molar-refractivity contribution in [3.63, 3.8) is 0 Å². The van der Waals surface area contributed by atoms with Crippen LogP contribution >= 0.6 is 11.6 Å². The van der Waals surface area contributed by atoms with Crippen LogP contribution in [-0.4, -0.2) is 36.5 Å². The number of nitro benzene ring substituents is 1. The fourth-order valence-electron chi connectivity index (χ4n) is 2.75. The lowest BCUT2D eigenvalue weighted by Gasteiger charge is -2.23. The molecular weight excluding hydrogens is 417 g/mol. The van der Waals surface area contributed by atoms with Crippen molar-refractivity contribution < 1.29 is 23.6 Å². The number of benzene rings is 2. The maximum absolute atomic E-state index is 13.6. The lowest BCUT2D eigenvalue weighted by Crippen LogP contribution is -2.33. The SMILES string of the molecule is CCNc1ccc(C(=O)N(CCC(=O)OCC)c2ccc(F)c(Cl)c2)cc1[N+](=O)[O-]. The number of hydrogen-bond acceptors (Lipinski definition) is 6. The molecule has 2 aromatic rings. The summed E-state index contributed by atoms with van der Waals surface area (Å²) in [7, 11) is 0. The fraction of sp³-hybridized carbons (Fsp3) is 0.300. The number of rotatable bonds is 9. The molecule has 0 fully saturated rings. The topological polar surface area (TPSA) is 102 Å². The molecular formula is C20H21ClFN3O5. The van der Waals surface area contributed by atoms with E-state index in [-0.39, 0.29) is 47.2 Å². The molecule has 0 heterocycles. The molecule has 0 spiro atoms. The summed E-state index contributed by atoms with van der Waals surface area (Å²) in [6.07, 6.45) is -0.119. The Labute approximate surface area is 177 Å². The lowest BCUT2D eigenvalue weighted by molar-refractivity contribution is -0.384. The molecule has 0 aliphatic heterocycles. The molecule has 10 heteroatoms. The molecule has 0 aromatic heterocycles. The number of amides is 1. The highest BCUT2D eigenvalue weighted by Gasteiger charge is 2.23. The first kappa shape index (κ1) is 23.1. The Morgan fingerprint density at radius 2 is 1.97 bits per heavy atom. The third kappa shape index (κ3) is 5.66. The number of halogens is 2. The molecule has 2 rings (SSSR count). The monoisotopic (exact) mass is 437 g/mol. The van der Waals surface area contributed by atoms with E-state index in [1.165, 1.54) is 29.2 Å². The normalized spacial score (nSPS) is 10.4. The van der Waals surface area contributed by atoms with Crippen molar-refractivity contribution in [3.8, 4) is 0 Å². The van der Waals surface area contributed by atoms with Gasteiger partial charge >= 0.3 is 5.97 Å². The van der Waals surface area contributed by atoms with Gasteiger partial charge in [0.15, 0.2) is 0 Å². The smallest absolute Gasteiger partial charge is 0.307 e. The zero-order valence-electron chi connectivity index (χ0n) is 16.5. The van der Waals surface area contributed by atoms with E-state index in [1.807, 2.05) is 0 Å². The molecule has 0 atom stereocenters. The van der Waals surface area contributed by atoms with E-state index in [2.05, 4.69) is 5.32 Å². The summed E-state index contributed by atoms with van der Waals surface area (Å²) in [5, 5.41) is 14.1. The Morgan fingerprint density at radius 3 is 2.57 bits per heavy atom. The maximum atomic E-state index is 13.6. The fourth-order valence-corrected chi connectivity index (χ4v) is 2.92. The number of nitrogens with zero attached hydrogens (tertiary/aromatic N) is 2. The standard InChI is InChI=1S/C20H21ClFN3O5/c1-3-23-17-8-5-13(11-18(17)25(28)29)20(27)24(10-9-19(26)30-4-2)14-6-7-16(22)15(21)12-14/h5-8,11-12,23H,3-4,9-10H2,1-2H3. The lowest BCUT2D eigenvalue weighted by atomic mass is 10.1. The minimum absolute atomic E-state index is 0.0349. The van der Waals surface area contributed by atoms with Gasteiger partial charge in [-0.3, -0.25) is 19.7 Å². The zero-order chi connectivity index (χ0) is 22.3. The molecule has 1 amide bonds. The second kappa shape index (κ2) is 10.5. The molecule has 160 valence electrons.